The predicted molar refractivity (Wildman–Crippen MR) is 62.8 cm³/mol. The van der Waals surface area contributed by atoms with Crippen LogP contribution in [0.2, 0.25) is 0 Å². The van der Waals surface area contributed by atoms with E-state index in [1.165, 1.54) is 6.42 Å². The van der Waals surface area contributed by atoms with Crippen LogP contribution in [-0.2, 0) is 9.68 Å². The third-order valence-corrected chi connectivity index (χ3v) is 2.48. The van der Waals surface area contributed by atoms with E-state index in [2.05, 4.69) is 16.6 Å². The van der Waals surface area contributed by atoms with Crippen molar-refractivity contribution in [2.75, 3.05) is 6.61 Å². The van der Waals surface area contributed by atoms with Crippen molar-refractivity contribution in [2.45, 2.75) is 58.0 Å². The Kier molecular flexibility index (Phi) is 9.61. The van der Waals surface area contributed by atoms with E-state index in [4.69, 9.17) is 0 Å². The minimum atomic E-state index is -0.975. The molecule has 106 valence electrons. The van der Waals surface area contributed by atoms with Crippen molar-refractivity contribution in [1.82, 2.24) is 0 Å². The van der Waals surface area contributed by atoms with Crippen LogP contribution in [0.5, 0.6) is 0 Å². The molecule has 8 heteroatoms. The van der Waals surface area contributed by atoms with Crippen molar-refractivity contribution in [3.05, 3.63) is 20.2 Å². The zero-order chi connectivity index (χ0) is 13.8. The van der Waals surface area contributed by atoms with Crippen LogP contribution in [0.4, 0.5) is 0 Å². The second-order valence-corrected chi connectivity index (χ2v) is 4.03. The Bertz CT molecular complexity index is 249. The first-order chi connectivity index (χ1) is 8.56. The molecule has 0 aromatic heterocycles. The summed E-state index contributed by atoms with van der Waals surface area (Å²) >= 11 is 0. The van der Waals surface area contributed by atoms with Gasteiger partial charge in [-0.15, -0.1) is 20.2 Å². The van der Waals surface area contributed by atoms with Crippen LogP contribution in [0.15, 0.2) is 0 Å². The molecule has 0 N–H and O–H groups in total. The molecule has 0 aromatic rings. The molecule has 0 aliphatic rings. The zero-order valence-electron chi connectivity index (χ0n) is 10.6. The summed E-state index contributed by atoms with van der Waals surface area (Å²) in [5.41, 5.74) is 0. The van der Waals surface area contributed by atoms with Gasteiger partial charge in [-0.25, -0.2) is 0 Å². The molecule has 0 fully saturated rings. The molecule has 0 aromatic carbocycles. The first-order valence-corrected chi connectivity index (χ1v) is 6.14. The fraction of sp³-hybridized carbons (Fsp3) is 1.00. The van der Waals surface area contributed by atoms with E-state index >= 15 is 0 Å². The Balaban J connectivity index is 3.71. The summed E-state index contributed by atoms with van der Waals surface area (Å²) in [5, 5.41) is 18.3. The first-order valence-electron chi connectivity index (χ1n) is 6.14. The molecule has 1 unspecified atom stereocenters. The van der Waals surface area contributed by atoms with Crippen LogP contribution in [0.3, 0.4) is 0 Å². The van der Waals surface area contributed by atoms with Crippen LogP contribution in [-0.4, -0.2) is 22.9 Å². The summed E-state index contributed by atoms with van der Waals surface area (Å²) in [7, 11) is 0. The van der Waals surface area contributed by atoms with Gasteiger partial charge in [0.2, 0.25) is 0 Å². The van der Waals surface area contributed by atoms with E-state index in [0.29, 0.717) is 6.42 Å². The van der Waals surface area contributed by atoms with E-state index in [-0.39, 0.29) is 0 Å². The van der Waals surface area contributed by atoms with Crippen LogP contribution in [0.25, 0.3) is 0 Å². The lowest BCUT2D eigenvalue weighted by molar-refractivity contribution is -0.790. The fourth-order valence-electron chi connectivity index (χ4n) is 1.58. The molecule has 0 heterocycles. The zero-order valence-corrected chi connectivity index (χ0v) is 10.6. The van der Waals surface area contributed by atoms with Gasteiger partial charge in [0.05, 0.1) is 0 Å². The van der Waals surface area contributed by atoms with Gasteiger partial charge in [-0.1, -0.05) is 45.4 Å². The highest BCUT2D eigenvalue weighted by Gasteiger charge is 2.15. The van der Waals surface area contributed by atoms with Crippen molar-refractivity contribution in [3.63, 3.8) is 0 Å². The van der Waals surface area contributed by atoms with Gasteiger partial charge in [-0.05, 0) is 6.42 Å². The summed E-state index contributed by atoms with van der Waals surface area (Å²) in [6.07, 6.45) is 5.75. The van der Waals surface area contributed by atoms with E-state index in [1.807, 2.05) is 0 Å². The SMILES string of the molecule is CCCCCCCCC(CO[N+](=O)[O-])O[N+](=O)[O-]. The fourth-order valence-corrected chi connectivity index (χ4v) is 1.58. The number of hydrogen-bond acceptors (Lipinski definition) is 6. The molecule has 0 bridgehead atoms. The van der Waals surface area contributed by atoms with Gasteiger partial charge in [0.1, 0.15) is 12.7 Å². The Morgan fingerprint density at radius 2 is 1.61 bits per heavy atom. The second-order valence-electron chi connectivity index (χ2n) is 4.03. The minimum Gasteiger partial charge on any atom is -0.312 e. The highest BCUT2D eigenvalue weighted by Crippen LogP contribution is 2.11. The highest BCUT2D eigenvalue weighted by atomic mass is 17.0. The van der Waals surface area contributed by atoms with Crippen LogP contribution in [0, 0.1) is 20.2 Å². The monoisotopic (exact) mass is 264 g/mol. The molecule has 0 radical (unpaired) electrons. The Hall–Kier alpha value is -1.60. The lowest BCUT2D eigenvalue weighted by atomic mass is 10.1. The normalized spacial score (nSPS) is 11.8. The van der Waals surface area contributed by atoms with Crippen LogP contribution in [0.1, 0.15) is 51.9 Å². The minimum absolute atomic E-state index is 0.390. The average molecular weight is 264 g/mol. The van der Waals surface area contributed by atoms with Gasteiger partial charge in [-0.2, -0.15) is 0 Å². The van der Waals surface area contributed by atoms with Crippen molar-refractivity contribution < 1.29 is 19.8 Å². The number of rotatable bonds is 12. The summed E-state index contributed by atoms with van der Waals surface area (Å²) in [6.45, 7) is 1.72. The molecule has 0 rings (SSSR count). The third-order valence-electron chi connectivity index (χ3n) is 2.48. The summed E-state index contributed by atoms with van der Waals surface area (Å²) < 4.78 is 0. The van der Waals surface area contributed by atoms with Gasteiger partial charge in [0.25, 0.3) is 10.2 Å². The molecule has 0 spiro atoms. The summed E-state index contributed by atoms with van der Waals surface area (Å²) in [4.78, 5) is 28.6. The van der Waals surface area contributed by atoms with E-state index < -0.39 is 22.9 Å². The van der Waals surface area contributed by atoms with Crippen molar-refractivity contribution in [2.24, 2.45) is 0 Å². The average Bonchev–Trinajstić information content (AvgIpc) is 2.29. The van der Waals surface area contributed by atoms with Crippen molar-refractivity contribution >= 4 is 0 Å². The molecule has 0 saturated carbocycles. The predicted octanol–water partition coefficient (Wildman–Crippen LogP) is 2.52. The molecule has 0 saturated heterocycles. The van der Waals surface area contributed by atoms with Crippen LogP contribution < -0.4 is 0 Å². The summed E-state index contributed by atoms with van der Waals surface area (Å²) in [5.74, 6) is 0. The molecule has 0 amide bonds. The Morgan fingerprint density at radius 1 is 1.00 bits per heavy atom. The Labute approximate surface area is 105 Å². The molecule has 18 heavy (non-hydrogen) atoms. The first kappa shape index (κ1) is 16.4. The Morgan fingerprint density at radius 3 is 2.17 bits per heavy atom. The lowest BCUT2D eigenvalue weighted by Gasteiger charge is -2.13. The number of unbranched alkanes of at least 4 members (excludes halogenated alkanes) is 5. The van der Waals surface area contributed by atoms with Crippen molar-refractivity contribution in [1.29, 1.82) is 0 Å². The molecule has 1 atom stereocenters. The lowest BCUT2D eigenvalue weighted by Crippen LogP contribution is -2.24. The maximum absolute atomic E-state index is 10.2. The van der Waals surface area contributed by atoms with E-state index in [9.17, 15) is 20.2 Å². The highest BCUT2D eigenvalue weighted by molar-refractivity contribution is 4.55. The van der Waals surface area contributed by atoms with E-state index in [1.54, 1.807) is 0 Å². The van der Waals surface area contributed by atoms with Gasteiger partial charge in [-0.3, -0.25) is 0 Å². The van der Waals surface area contributed by atoms with Gasteiger partial charge in [0.15, 0.2) is 0 Å². The molecule has 0 aliphatic heterocycles. The van der Waals surface area contributed by atoms with Gasteiger partial charge in [0, 0.05) is 0 Å². The maximum Gasteiger partial charge on any atom is 0.294 e. The number of hydrogen-bond donors (Lipinski definition) is 0. The van der Waals surface area contributed by atoms with Crippen molar-refractivity contribution in [3.8, 4) is 0 Å². The second kappa shape index (κ2) is 10.5. The largest absolute Gasteiger partial charge is 0.312 e. The van der Waals surface area contributed by atoms with E-state index in [0.717, 1.165) is 32.1 Å². The maximum atomic E-state index is 10.2. The molecular weight excluding hydrogens is 244 g/mol. The van der Waals surface area contributed by atoms with Crippen LogP contribution >= 0.6 is 0 Å². The quantitative estimate of drug-likeness (QED) is 0.304. The standard InChI is InChI=1S/C10H20N2O6/c1-2-3-4-5-6-7-8-10(18-12(15)16)9-17-11(13)14/h10H,2-9H2,1H3. The third kappa shape index (κ3) is 10.9. The molecular formula is C10H20N2O6. The van der Waals surface area contributed by atoms with Gasteiger partial charge < -0.3 is 9.68 Å². The number of nitrogens with zero attached hydrogens (tertiary/aromatic N) is 2. The smallest absolute Gasteiger partial charge is 0.294 e. The summed E-state index contributed by atoms with van der Waals surface area (Å²) in [6, 6.07) is 0. The molecule has 8 nitrogen and oxygen atoms in total. The molecule has 0 aliphatic carbocycles. The topological polar surface area (TPSA) is 105 Å². The van der Waals surface area contributed by atoms with Gasteiger partial charge >= 0.3 is 0 Å².